The van der Waals surface area contributed by atoms with Gasteiger partial charge in [0.05, 0.1) is 32.4 Å². The fraction of sp³-hybridized carbons (Fsp3) is 0.481. The Bertz CT molecular complexity index is 1600. The lowest BCUT2D eigenvalue weighted by molar-refractivity contribution is 0.0367. The third-order valence-corrected chi connectivity index (χ3v) is 9.36. The number of thiazole rings is 1. The van der Waals surface area contributed by atoms with Crippen LogP contribution in [-0.2, 0) is 0 Å². The van der Waals surface area contributed by atoms with Crippen LogP contribution in [0.5, 0.6) is 6.01 Å². The number of nitrogen functional groups attached to an aromatic ring is 1. The number of piperazine rings is 1. The Balaban J connectivity index is 1.32. The van der Waals surface area contributed by atoms with Crippen LogP contribution >= 0.6 is 11.3 Å². The molecular weight excluding hydrogens is 541 g/mol. The van der Waals surface area contributed by atoms with Gasteiger partial charge in [-0.3, -0.25) is 4.98 Å². The summed E-state index contributed by atoms with van der Waals surface area (Å²) in [7, 11) is 2.07. The zero-order valence-corrected chi connectivity index (χ0v) is 22.7. The number of benzene rings is 1. The van der Waals surface area contributed by atoms with E-state index in [9.17, 15) is 13.2 Å². The normalized spacial score (nSPS) is 25.1. The molecule has 3 aliphatic rings. The van der Waals surface area contributed by atoms with Crippen molar-refractivity contribution in [3.63, 3.8) is 0 Å². The van der Waals surface area contributed by atoms with Crippen molar-refractivity contribution < 1.29 is 17.9 Å². The van der Waals surface area contributed by atoms with Crippen LogP contribution in [0.2, 0.25) is 0 Å². The van der Waals surface area contributed by atoms with Crippen LogP contribution in [0.4, 0.5) is 24.1 Å². The number of likely N-dealkylation sites (tertiary alicyclic amines) is 1. The molecule has 13 heteroatoms. The molecule has 0 saturated carbocycles. The molecule has 3 atom stereocenters. The molecule has 7 rings (SSSR count). The predicted molar refractivity (Wildman–Crippen MR) is 149 cm³/mol. The zero-order chi connectivity index (χ0) is 27.6. The summed E-state index contributed by atoms with van der Waals surface area (Å²) < 4.78 is 49.3. The van der Waals surface area contributed by atoms with Crippen LogP contribution in [0.15, 0.2) is 24.4 Å². The zero-order valence-electron chi connectivity index (χ0n) is 21.9. The summed E-state index contributed by atoms with van der Waals surface area (Å²) in [6, 6.07) is 5.19. The molecular formula is C27H29F3N8OS. The number of nitrogens with two attached hydrogens (primary N) is 1. The van der Waals surface area contributed by atoms with Crippen molar-refractivity contribution >= 4 is 43.4 Å². The highest BCUT2D eigenvalue weighted by Crippen LogP contribution is 2.39. The topological polar surface area (TPSA) is 105 Å². The van der Waals surface area contributed by atoms with Crippen LogP contribution in [-0.4, -0.2) is 82.2 Å². The van der Waals surface area contributed by atoms with E-state index in [2.05, 4.69) is 27.2 Å². The lowest BCUT2D eigenvalue weighted by Gasteiger charge is -2.41. The molecule has 0 radical (unpaired) electrons. The van der Waals surface area contributed by atoms with Crippen LogP contribution in [0.25, 0.3) is 32.4 Å². The number of pyridine rings is 1. The van der Waals surface area contributed by atoms with Crippen LogP contribution in [0.1, 0.15) is 25.7 Å². The molecule has 2 bridgehead atoms. The first kappa shape index (κ1) is 25.7. The van der Waals surface area contributed by atoms with Crippen molar-refractivity contribution in [1.29, 1.82) is 0 Å². The number of fused-ring (bicyclic) bond motifs is 4. The summed E-state index contributed by atoms with van der Waals surface area (Å²) >= 11 is 1.08. The maximum absolute atomic E-state index is 14.4. The molecule has 6 heterocycles. The summed E-state index contributed by atoms with van der Waals surface area (Å²) in [6.45, 7) is 2.11. The maximum Gasteiger partial charge on any atom is 0.319 e. The van der Waals surface area contributed by atoms with E-state index in [1.807, 2.05) is 4.90 Å². The van der Waals surface area contributed by atoms with Gasteiger partial charge in [-0.25, -0.2) is 18.2 Å². The van der Waals surface area contributed by atoms with E-state index in [1.54, 1.807) is 18.3 Å². The number of halogens is 3. The van der Waals surface area contributed by atoms with Crippen molar-refractivity contribution in [3.8, 4) is 17.3 Å². The SMILES string of the molecule is CN1CCCC1COc1nc(N2CC3CCC(C(F)F)(C2)N3)c2cnc(-c3ccc(F)c4sc(N)nc34)cc2n1. The highest BCUT2D eigenvalue weighted by Gasteiger charge is 2.51. The number of aromatic nitrogens is 4. The van der Waals surface area contributed by atoms with Gasteiger partial charge in [-0.15, -0.1) is 0 Å². The fourth-order valence-corrected chi connectivity index (χ4v) is 7.08. The number of ether oxygens (including phenoxy) is 1. The van der Waals surface area contributed by atoms with Gasteiger partial charge in [-0.05, 0) is 57.5 Å². The Kier molecular flexibility index (Phi) is 6.20. The van der Waals surface area contributed by atoms with Gasteiger partial charge in [-0.2, -0.15) is 9.97 Å². The summed E-state index contributed by atoms with van der Waals surface area (Å²) in [6.07, 6.45) is 2.37. The van der Waals surface area contributed by atoms with Crippen molar-refractivity contribution in [2.75, 3.05) is 43.9 Å². The Morgan fingerprint density at radius 1 is 1.25 bits per heavy atom. The van der Waals surface area contributed by atoms with Gasteiger partial charge in [0.15, 0.2) is 5.13 Å². The minimum absolute atomic E-state index is 0.0564. The van der Waals surface area contributed by atoms with E-state index in [-0.39, 0.29) is 29.8 Å². The average molecular weight is 571 g/mol. The van der Waals surface area contributed by atoms with E-state index in [0.29, 0.717) is 64.2 Å². The molecule has 3 aromatic heterocycles. The first-order valence-corrected chi connectivity index (χ1v) is 14.3. The number of alkyl halides is 2. The highest BCUT2D eigenvalue weighted by molar-refractivity contribution is 7.22. The number of anilines is 2. The summed E-state index contributed by atoms with van der Waals surface area (Å²) in [4.78, 5) is 22.6. The summed E-state index contributed by atoms with van der Waals surface area (Å²) in [5, 5.41) is 4.05. The number of hydrogen-bond donors (Lipinski definition) is 2. The van der Waals surface area contributed by atoms with Gasteiger partial charge in [-0.1, -0.05) is 11.3 Å². The Morgan fingerprint density at radius 2 is 2.12 bits per heavy atom. The quantitative estimate of drug-likeness (QED) is 0.355. The second kappa shape index (κ2) is 9.67. The predicted octanol–water partition coefficient (Wildman–Crippen LogP) is 4.07. The second-order valence-corrected chi connectivity index (χ2v) is 12.1. The van der Waals surface area contributed by atoms with Gasteiger partial charge < -0.3 is 25.6 Å². The molecule has 40 heavy (non-hydrogen) atoms. The standard InChI is InChI=1S/C27H29F3N8OS/c1-37-8-2-3-15(37)12-39-26-33-20-9-19(16-4-5-18(28)22-21(16)34-25(31)40-22)32-10-17(20)23(35-26)38-11-14-6-7-27(13-38,36-14)24(29)30/h4-5,9-10,14-15,24,36H,2-3,6-8,11-13H2,1H3,(H2,31,34). The highest BCUT2D eigenvalue weighted by atomic mass is 32.1. The Labute approximate surface area is 232 Å². The third-order valence-electron chi connectivity index (χ3n) is 8.47. The van der Waals surface area contributed by atoms with Gasteiger partial charge in [0, 0.05) is 36.9 Å². The van der Waals surface area contributed by atoms with E-state index >= 15 is 0 Å². The summed E-state index contributed by atoms with van der Waals surface area (Å²) in [5.41, 5.74) is 6.77. The molecule has 210 valence electrons. The molecule has 3 unspecified atom stereocenters. The van der Waals surface area contributed by atoms with Crippen LogP contribution in [0, 0.1) is 5.82 Å². The minimum Gasteiger partial charge on any atom is -0.462 e. The Morgan fingerprint density at radius 3 is 2.92 bits per heavy atom. The molecule has 0 spiro atoms. The van der Waals surface area contributed by atoms with Gasteiger partial charge in [0.25, 0.3) is 6.43 Å². The number of likely N-dealkylation sites (N-methyl/N-ethyl adjacent to an activating group) is 1. The maximum atomic E-state index is 14.4. The van der Waals surface area contributed by atoms with Crippen molar-refractivity contribution in [3.05, 3.63) is 30.2 Å². The Hall–Kier alpha value is -3.29. The molecule has 3 saturated heterocycles. The lowest BCUT2D eigenvalue weighted by atomic mass is 9.97. The molecule has 3 fully saturated rings. The van der Waals surface area contributed by atoms with E-state index < -0.39 is 17.8 Å². The third kappa shape index (κ3) is 4.31. The fourth-order valence-electron chi connectivity index (χ4n) is 6.32. The lowest BCUT2D eigenvalue weighted by Crippen LogP contribution is -2.63. The first-order chi connectivity index (χ1) is 19.3. The van der Waals surface area contributed by atoms with E-state index in [1.165, 1.54) is 6.07 Å². The number of nitrogens with one attached hydrogen (secondary N) is 1. The summed E-state index contributed by atoms with van der Waals surface area (Å²) in [5.74, 6) is 0.131. The molecule has 4 aromatic rings. The van der Waals surface area contributed by atoms with Crippen LogP contribution < -0.4 is 20.7 Å². The van der Waals surface area contributed by atoms with Crippen molar-refractivity contribution in [2.24, 2.45) is 0 Å². The van der Waals surface area contributed by atoms with Gasteiger partial charge >= 0.3 is 6.01 Å². The molecule has 3 N–H and O–H groups in total. The molecule has 9 nitrogen and oxygen atoms in total. The first-order valence-electron chi connectivity index (χ1n) is 13.5. The molecule has 1 aromatic carbocycles. The van der Waals surface area contributed by atoms with Gasteiger partial charge in [0.1, 0.15) is 18.2 Å². The number of rotatable bonds is 6. The van der Waals surface area contributed by atoms with Crippen LogP contribution in [0.3, 0.4) is 0 Å². The smallest absolute Gasteiger partial charge is 0.319 e. The second-order valence-electron chi connectivity index (χ2n) is 11.0. The van der Waals surface area contributed by atoms with Crippen molar-refractivity contribution in [2.45, 2.75) is 49.7 Å². The number of nitrogens with zero attached hydrogens (tertiary/aromatic N) is 6. The molecule has 3 aliphatic heterocycles. The van der Waals surface area contributed by atoms with E-state index in [0.717, 1.165) is 30.7 Å². The minimum atomic E-state index is -2.50. The average Bonchev–Trinajstić information content (AvgIpc) is 3.63. The molecule has 0 aliphatic carbocycles. The largest absolute Gasteiger partial charge is 0.462 e. The van der Waals surface area contributed by atoms with E-state index in [4.69, 9.17) is 20.4 Å². The molecule has 0 amide bonds. The number of hydrogen-bond acceptors (Lipinski definition) is 10. The monoisotopic (exact) mass is 570 g/mol. The van der Waals surface area contributed by atoms with Crippen molar-refractivity contribution in [1.82, 2.24) is 30.2 Å². The van der Waals surface area contributed by atoms with Gasteiger partial charge in [0.2, 0.25) is 0 Å².